The third-order valence-corrected chi connectivity index (χ3v) is 5.11. The van der Waals surface area contributed by atoms with E-state index in [-0.39, 0.29) is 23.3 Å². The number of carbonyl (C=O) groups excluding carboxylic acids is 1. The van der Waals surface area contributed by atoms with Crippen molar-refractivity contribution in [1.82, 2.24) is 14.7 Å². The summed E-state index contributed by atoms with van der Waals surface area (Å²) in [5.74, 6) is 0.0294. The van der Waals surface area contributed by atoms with Gasteiger partial charge in [-0.2, -0.15) is 0 Å². The van der Waals surface area contributed by atoms with Crippen LogP contribution in [0, 0.1) is 0 Å². The molecule has 1 aliphatic carbocycles. The fourth-order valence-electron chi connectivity index (χ4n) is 3.73. The number of pyridine rings is 2. The topological polar surface area (TPSA) is 93.4 Å². The third kappa shape index (κ3) is 2.95. The lowest BCUT2D eigenvalue weighted by molar-refractivity contribution is -0.648. The van der Waals surface area contributed by atoms with Gasteiger partial charge in [0.25, 0.3) is 17.1 Å². The van der Waals surface area contributed by atoms with Gasteiger partial charge in [-0.1, -0.05) is 36.5 Å². The monoisotopic (exact) mass is 364 g/mol. The fourth-order valence-corrected chi connectivity index (χ4v) is 3.73. The second-order valence-corrected chi connectivity index (χ2v) is 6.88. The first-order chi connectivity index (χ1) is 13.1. The molecule has 3 aromatic heterocycles. The minimum atomic E-state index is -0.253. The van der Waals surface area contributed by atoms with Gasteiger partial charge in [0.15, 0.2) is 0 Å². The lowest BCUT2D eigenvalue weighted by atomic mass is 10.1. The van der Waals surface area contributed by atoms with Crippen LogP contribution in [0.3, 0.4) is 0 Å². The van der Waals surface area contributed by atoms with E-state index in [1.54, 1.807) is 35.0 Å². The molecule has 0 aromatic carbocycles. The number of allylic oxidation sites excluding steroid dienone is 1. The lowest BCUT2D eigenvalue weighted by Crippen LogP contribution is -2.43. The molecule has 1 saturated carbocycles. The largest absolute Gasteiger partial charge is 0.349 e. The van der Waals surface area contributed by atoms with Crippen LogP contribution >= 0.6 is 0 Å². The second kappa shape index (κ2) is 6.83. The number of nitrogens with zero attached hydrogens (tertiary/aromatic N) is 3. The summed E-state index contributed by atoms with van der Waals surface area (Å²) in [5, 5.41) is 3.39. The quantitative estimate of drug-likeness (QED) is 0.417. The molecule has 138 valence electrons. The number of hydrogen-bond donors (Lipinski definition) is 2. The van der Waals surface area contributed by atoms with E-state index >= 15 is 0 Å². The lowest BCUT2D eigenvalue weighted by Gasteiger charge is -2.14. The molecule has 0 aliphatic heterocycles. The molecule has 3 N–H and O–H groups in total. The predicted molar refractivity (Wildman–Crippen MR) is 103 cm³/mol. The summed E-state index contributed by atoms with van der Waals surface area (Å²) < 4.78 is 3.13. The van der Waals surface area contributed by atoms with Crippen molar-refractivity contribution < 1.29 is 9.36 Å². The molecule has 0 atom stereocenters. The Kier molecular flexibility index (Phi) is 4.35. The molecular formula is C20H22N5O2+. The van der Waals surface area contributed by atoms with Gasteiger partial charge < -0.3 is 11.1 Å². The molecule has 4 rings (SSSR count). The molecule has 7 nitrogen and oxygen atoms in total. The van der Waals surface area contributed by atoms with Crippen LogP contribution in [0.2, 0.25) is 0 Å². The van der Waals surface area contributed by atoms with Crippen molar-refractivity contribution in [1.29, 1.82) is 0 Å². The van der Waals surface area contributed by atoms with Crippen molar-refractivity contribution >= 4 is 28.4 Å². The maximum atomic E-state index is 13.0. The Labute approximate surface area is 156 Å². The third-order valence-electron chi connectivity index (χ3n) is 5.11. The van der Waals surface area contributed by atoms with E-state index in [9.17, 15) is 9.59 Å². The summed E-state index contributed by atoms with van der Waals surface area (Å²) in [7, 11) is 0. The van der Waals surface area contributed by atoms with Gasteiger partial charge in [-0.3, -0.25) is 14.0 Å². The summed E-state index contributed by atoms with van der Waals surface area (Å²) in [6.45, 7) is 4.11. The van der Waals surface area contributed by atoms with Gasteiger partial charge in [0.05, 0.1) is 6.54 Å². The van der Waals surface area contributed by atoms with Crippen molar-refractivity contribution in [3.05, 3.63) is 59.0 Å². The van der Waals surface area contributed by atoms with Gasteiger partial charge in [-0.05, 0) is 31.0 Å². The Balaban J connectivity index is 1.94. The van der Waals surface area contributed by atoms with Gasteiger partial charge in [0.2, 0.25) is 11.5 Å². The van der Waals surface area contributed by atoms with Crippen molar-refractivity contribution in [2.45, 2.75) is 38.3 Å². The van der Waals surface area contributed by atoms with Gasteiger partial charge in [-0.15, -0.1) is 0 Å². The minimum Gasteiger partial charge on any atom is -0.349 e. The molecule has 1 aliphatic rings. The fraction of sp³-hybridized carbons (Fsp3) is 0.300. The summed E-state index contributed by atoms with van der Waals surface area (Å²) in [5.41, 5.74) is 7.34. The van der Waals surface area contributed by atoms with Gasteiger partial charge in [0, 0.05) is 12.2 Å². The number of nitrogen functional groups attached to an aromatic ring is 1. The van der Waals surface area contributed by atoms with Crippen LogP contribution in [-0.2, 0) is 6.54 Å². The van der Waals surface area contributed by atoms with E-state index < -0.39 is 0 Å². The van der Waals surface area contributed by atoms with Crippen molar-refractivity contribution in [2.24, 2.45) is 0 Å². The van der Waals surface area contributed by atoms with Crippen molar-refractivity contribution in [3.63, 3.8) is 0 Å². The molecule has 1 amide bonds. The Morgan fingerprint density at radius 2 is 2.19 bits per heavy atom. The van der Waals surface area contributed by atoms with Gasteiger partial charge in [-0.25, -0.2) is 4.57 Å². The molecule has 0 spiro atoms. The van der Waals surface area contributed by atoms with Crippen molar-refractivity contribution in [2.75, 3.05) is 5.73 Å². The molecule has 3 heterocycles. The van der Waals surface area contributed by atoms with Gasteiger partial charge in [0.1, 0.15) is 10.9 Å². The van der Waals surface area contributed by atoms with Crippen LogP contribution in [0.5, 0.6) is 0 Å². The maximum absolute atomic E-state index is 13.0. The first-order valence-electron chi connectivity index (χ1n) is 9.15. The van der Waals surface area contributed by atoms with Crippen LogP contribution < -0.4 is 21.2 Å². The molecular weight excluding hydrogens is 342 g/mol. The molecule has 7 heteroatoms. The SMILES string of the molecule is C=CC[n+]1c(N)c(C(=O)NC2CCCC2)cc2c(=O)n3ccccc3nc21. The van der Waals surface area contributed by atoms with Crippen LogP contribution in [0.4, 0.5) is 5.82 Å². The zero-order chi connectivity index (χ0) is 19.0. The van der Waals surface area contributed by atoms with Crippen LogP contribution in [0.15, 0.2) is 47.9 Å². The van der Waals surface area contributed by atoms with E-state index in [0.29, 0.717) is 28.8 Å². The van der Waals surface area contributed by atoms with Gasteiger partial charge >= 0.3 is 0 Å². The summed E-state index contributed by atoms with van der Waals surface area (Å²) in [4.78, 5) is 30.4. The molecule has 3 aromatic rings. The summed E-state index contributed by atoms with van der Waals surface area (Å²) >= 11 is 0. The highest BCUT2D eigenvalue weighted by Gasteiger charge is 2.26. The molecule has 27 heavy (non-hydrogen) atoms. The number of fused-ring (bicyclic) bond motifs is 2. The molecule has 0 unspecified atom stereocenters. The standard InChI is InChI=1S/C20H21N5O2/c1-2-10-25-17(21)14(19(26)22-13-7-3-4-8-13)12-15-18(25)23-16-9-5-6-11-24(16)20(15)27/h2,5-6,9,11-13,21H,1,3-4,7-8,10H2,(H,22,26)/p+1. The average Bonchev–Trinajstić information content (AvgIpc) is 3.17. The summed E-state index contributed by atoms with van der Waals surface area (Å²) in [6.07, 6.45) is 7.51. The first kappa shape index (κ1) is 17.2. The average molecular weight is 364 g/mol. The number of anilines is 1. The number of rotatable bonds is 4. The molecule has 1 fully saturated rings. The number of amides is 1. The molecule has 0 radical (unpaired) electrons. The van der Waals surface area contributed by atoms with E-state index in [1.165, 1.54) is 4.40 Å². The maximum Gasteiger partial charge on any atom is 0.278 e. The Hall–Kier alpha value is -3.22. The highest BCUT2D eigenvalue weighted by molar-refractivity contribution is 6.00. The number of carbonyl (C=O) groups is 1. The number of aromatic nitrogens is 3. The smallest absolute Gasteiger partial charge is 0.278 e. The minimum absolute atomic E-state index is 0.163. The number of nitrogens with two attached hydrogens (primary N) is 1. The Morgan fingerprint density at radius 3 is 2.93 bits per heavy atom. The normalized spacial score (nSPS) is 14.7. The molecule has 0 saturated heterocycles. The number of hydrogen-bond acceptors (Lipinski definition) is 4. The highest BCUT2D eigenvalue weighted by Crippen LogP contribution is 2.20. The van der Waals surface area contributed by atoms with Crippen LogP contribution in [0.25, 0.3) is 16.7 Å². The van der Waals surface area contributed by atoms with E-state index in [4.69, 9.17) is 5.73 Å². The molecule has 0 bridgehead atoms. The second-order valence-electron chi connectivity index (χ2n) is 6.88. The number of nitrogens with one attached hydrogen (secondary N) is 1. The van der Waals surface area contributed by atoms with E-state index in [2.05, 4.69) is 16.9 Å². The first-order valence-corrected chi connectivity index (χ1v) is 9.15. The zero-order valence-corrected chi connectivity index (χ0v) is 15.0. The Morgan fingerprint density at radius 1 is 1.41 bits per heavy atom. The van der Waals surface area contributed by atoms with E-state index in [1.807, 2.05) is 6.07 Å². The van der Waals surface area contributed by atoms with Crippen LogP contribution in [-0.4, -0.2) is 21.3 Å². The summed E-state index contributed by atoms with van der Waals surface area (Å²) in [6, 6.07) is 7.07. The Bertz CT molecular complexity index is 1110. The zero-order valence-electron chi connectivity index (χ0n) is 15.0. The van der Waals surface area contributed by atoms with Crippen LogP contribution in [0.1, 0.15) is 36.0 Å². The van der Waals surface area contributed by atoms with E-state index in [0.717, 1.165) is 25.7 Å². The highest BCUT2D eigenvalue weighted by atomic mass is 16.2. The predicted octanol–water partition coefficient (Wildman–Crippen LogP) is 1.58. The van der Waals surface area contributed by atoms with Crippen molar-refractivity contribution in [3.8, 4) is 0 Å².